The molecule has 1 N–H and O–H groups in total. The van der Waals surface area contributed by atoms with Crippen molar-refractivity contribution in [2.24, 2.45) is 4.99 Å². The van der Waals surface area contributed by atoms with Gasteiger partial charge in [0.15, 0.2) is 16.3 Å². The molecule has 180 valence electrons. The molecule has 1 unspecified atom stereocenters. The van der Waals surface area contributed by atoms with Crippen LogP contribution in [-0.4, -0.2) is 34.3 Å². The van der Waals surface area contributed by atoms with Crippen LogP contribution in [0.4, 0.5) is 5.69 Å². The number of nitro groups is 1. The Labute approximate surface area is 202 Å². The van der Waals surface area contributed by atoms with Crippen LogP contribution in [0, 0.1) is 10.1 Å². The highest BCUT2D eigenvalue weighted by Crippen LogP contribution is 2.36. The number of nitro benzene ring substituents is 1. The highest BCUT2D eigenvalue weighted by Gasteiger charge is 2.32. The van der Waals surface area contributed by atoms with E-state index < -0.39 is 22.5 Å². The molecule has 0 bridgehead atoms. The van der Waals surface area contributed by atoms with Crippen molar-refractivity contribution in [3.05, 3.63) is 89.0 Å². The number of aromatic nitrogens is 1. The summed E-state index contributed by atoms with van der Waals surface area (Å²) in [5, 5.41) is 21.1. The number of hydrogen-bond donors (Lipinski definition) is 1. The van der Waals surface area contributed by atoms with E-state index in [1.54, 1.807) is 38.1 Å². The standard InChI is InChI=1S/C24H21N3O7S/c1-4-34-23(30)20-13(2)26-22(29)19(11-14-6-5-7-16(10-14)27(31)32)35-24(26)25-21(20)15-8-9-17(28)18(12-15)33-3/h5-12,21,28H,4H2,1-3H3/b19-11+. The van der Waals surface area contributed by atoms with Gasteiger partial charge in [-0.1, -0.05) is 29.5 Å². The first kappa shape index (κ1) is 23.9. The van der Waals surface area contributed by atoms with E-state index in [1.165, 1.54) is 35.9 Å². The van der Waals surface area contributed by atoms with Crippen LogP contribution in [-0.2, 0) is 9.53 Å². The summed E-state index contributed by atoms with van der Waals surface area (Å²) < 4.78 is 12.1. The molecule has 1 atom stereocenters. The van der Waals surface area contributed by atoms with E-state index >= 15 is 0 Å². The lowest BCUT2D eigenvalue weighted by molar-refractivity contribution is -0.384. The number of phenolic OH excluding ortho intramolecular Hbond substituents is 1. The fourth-order valence-corrected chi connectivity index (χ4v) is 4.84. The van der Waals surface area contributed by atoms with E-state index in [-0.39, 0.29) is 29.4 Å². The van der Waals surface area contributed by atoms with Crippen LogP contribution in [0.25, 0.3) is 11.8 Å². The van der Waals surface area contributed by atoms with E-state index in [0.717, 1.165) is 11.3 Å². The molecule has 0 spiro atoms. The van der Waals surface area contributed by atoms with Crippen LogP contribution < -0.4 is 19.6 Å². The summed E-state index contributed by atoms with van der Waals surface area (Å²) in [4.78, 5) is 41.8. The molecule has 10 nitrogen and oxygen atoms in total. The molecular formula is C24H21N3O7S. The van der Waals surface area contributed by atoms with Gasteiger partial charge < -0.3 is 14.6 Å². The number of carbonyl (C=O) groups is 1. The Bertz CT molecular complexity index is 1550. The molecule has 1 aliphatic heterocycles. The Kier molecular flexibility index (Phi) is 6.52. The summed E-state index contributed by atoms with van der Waals surface area (Å²) >= 11 is 1.10. The predicted octanol–water partition coefficient (Wildman–Crippen LogP) is 2.53. The highest BCUT2D eigenvalue weighted by atomic mass is 32.1. The second kappa shape index (κ2) is 9.55. The van der Waals surface area contributed by atoms with Gasteiger partial charge in [0.05, 0.1) is 28.7 Å². The van der Waals surface area contributed by atoms with Gasteiger partial charge in [-0.15, -0.1) is 0 Å². The molecule has 0 aliphatic carbocycles. The number of ether oxygens (including phenoxy) is 2. The van der Waals surface area contributed by atoms with Crippen LogP contribution in [0.5, 0.6) is 11.5 Å². The lowest BCUT2D eigenvalue weighted by Crippen LogP contribution is -2.35. The smallest absolute Gasteiger partial charge is 0.338 e. The van der Waals surface area contributed by atoms with Crippen molar-refractivity contribution in [2.75, 3.05) is 13.7 Å². The monoisotopic (exact) mass is 495 g/mol. The quantitative estimate of drug-likeness (QED) is 0.316. The number of thiazole rings is 1. The van der Waals surface area contributed by atoms with Gasteiger partial charge in [-0.25, -0.2) is 9.79 Å². The van der Waals surface area contributed by atoms with E-state index in [1.807, 2.05) is 0 Å². The maximum absolute atomic E-state index is 13.3. The zero-order chi connectivity index (χ0) is 25.3. The molecule has 2 aromatic carbocycles. The van der Waals surface area contributed by atoms with Gasteiger partial charge in [-0.05, 0) is 43.2 Å². The minimum absolute atomic E-state index is 0.0627. The third kappa shape index (κ3) is 4.45. The van der Waals surface area contributed by atoms with E-state index in [9.17, 15) is 24.8 Å². The summed E-state index contributed by atoms with van der Waals surface area (Å²) in [6.45, 7) is 3.46. The average molecular weight is 496 g/mol. The van der Waals surface area contributed by atoms with E-state index in [2.05, 4.69) is 4.99 Å². The number of fused-ring (bicyclic) bond motifs is 1. The van der Waals surface area contributed by atoms with Gasteiger partial charge >= 0.3 is 5.97 Å². The van der Waals surface area contributed by atoms with Crippen molar-refractivity contribution < 1.29 is 24.3 Å². The van der Waals surface area contributed by atoms with Gasteiger partial charge in [-0.2, -0.15) is 0 Å². The highest BCUT2D eigenvalue weighted by molar-refractivity contribution is 7.07. The summed E-state index contributed by atoms with van der Waals surface area (Å²) in [7, 11) is 1.41. The van der Waals surface area contributed by atoms with Crippen molar-refractivity contribution in [1.82, 2.24) is 4.57 Å². The van der Waals surface area contributed by atoms with Crippen molar-refractivity contribution >= 4 is 34.8 Å². The Morgan fingerprint density at radius 2 is 2.09 bits per heavy atom. The molecule has 2 heterocycles. The number of esters is 1. The van der Waals surface area contributed by atoms with E-state index in [4.69, 9.17) is 9.47 Å². The molecule has 11 heteroatoms. The summed E-state index contributed by atoms with van der Waals surface area (Å²) in [6, 6.07) is 9.78. The molecule has 4 rings (SSSR count). The first-order valence-corrected chi connectivity index (χ1v) is 11.4. The average Bonchev–Trinajstić information content (AvgIpc) is 3.14. The number of allylic oxidation sites excluding steroid dienone is 1. The number of hydrogen-bond acceptors (Lipinski definition) is 9. The van der Waals surface area contributed by atoms with Crippen molar-refractivity contribution in [3.63, 3.8) is 0 Å². The minimum atomic E-state index is -0.799. The fraction of sp³-hybridized carbons (Fsp3) is 0.208. The van der Waals surface area contributed by atoms with Gasteiger partial charge in [0.25, 0.3) is 11.2 Å². The Morgan fingerprint density at radius 3 is 2.77 bits per heavy atom. The second-order valence-electron chi connectivity index (χ2n) is 7.57. The van der Waals surface area contributed by atoms with Gasteiger partial charge in [0, 0.05) is 17.8 Å². The van der Waals surface area contributed by atoms with Crippen molar-refractivity contribution in [1.29, 1.82) is 0 Å². The lowest BCUT2D eigenvalue weighted by Gasteiger charge is -2.22. The molecule has 0 amide bonds. The van der Waals surface area contributed by atoms with Crippen LogP contribution in [0.2, 0.25) is 0 Å². The Morgan fingerprint density at radius 1 is 1.31 bits per heavy atom. The van der Waals surface area contributed by atoms with Crippen molar-refractivity contribution in [2.45, 2.75) is 19.9 Å². The van der Waals surface area contributed by atoms with Crippen LogP contribution in [0.15, 0.2) is 57.8 Å². The number of benzene rings is 2. The Hall–Kier alpha value is -4.25. The molecule has 1 aromatic heterocycles. The van der Waals surface area contributed by atoms with Crippen LogP contribution in [0.3, 0.4) is 0 Å². The SMILES string of the molecule is CCOC(=O)C1=C(C)n2c(s/c(=C/c3cccc([N+](=O)[O-])c3)c2=O)=NC1c1ccc(O)c(OC)c1. The number of aromatic hydroxyl groups is 1. The van der Waals surface area contributed by atoms with Crippen LogP contribution in [0.1, 0.15) is 31.0 Å². The third-order valence-corrected chi connectivity index (χ3v) is 6.42. The summed E-state index contributed by atoms with van der Waals surface area (Å²) in [6.07, 6.45) is 1.55. The predicted molar refractivity (Wildman–Crippen MR) is 129 cm³/mol. The number of rotatable bonds is 6. The van der Waals surface area contributed by atoms with Gasteiger partial charge in [0.2, 0.25) is 0 Å². The molecule has 3 aromatic rings. The number of carbonyl (C=O) groups excluding carboxylic acids is 1. The number of phenols is 1. The number of non-ortho nitro benzene ring substituents is 1. The zero-order valence-electron chi connectivity index (χ0n) is 19.0. The molecule has 1 aliphatic rings. The lowest BCUT2D eigenvalue weighted by atomic mass is 9.96. The summed E-state index contributed by atoms with van der Waals surface area (Å²) in [5.41, 5.74) is 1.12. The topological polar surface area (TPSA) is 133 Å². The molecule has 0 saturated carbocycles. The molecule has 0 saturated heterocycles. The number of nitrogens with zero attached hydrogens (tertiary/aromatic N) is 3. The fourth-order valence-electron chi connectivity index (χ4n) is 3.80. The zero-order valence-corrected chi connectivity index (χ0v) is 19.9. The maximum Gasteiger partial charge on any atom is 0.338 e. The number of methoxy groups -OCH3 is 1. The largest absolute Gasteiger partial charge is 0.504 e. The Balaban J connectivity index is 1.94. The normalized spacial score (nSPS) is 15.4. The minimum Gasteiger partial charge on any atom is -0.504 e. The maximum atomic E-state index is 13.3. The van der Waals surface area contributed by atoms with E-state index in [0.29, 0.717) is 26.2 Å². The molecular weight excluding hydrogens is 474 g/mol. The van der Waals surface area contributed by atoms with Gasteiger partial charge in [-0.3, -0.25) is 19.5 Å². The van der Waals surface area contributed by atoms with Crippen LogP contribution >= 0.6 is 11.3 Å². The molecule has 0 fully saturated rings. The molecule has 0 radical (unpaired) electrons. The molecule has 35 heavy (non-hydrogen) atoms. The van der Waals surface area contributed by atoms with Gasteiger partial charge in [0.1, 0.15) is 6.04 Å². The first-order chi connectivity index (χ1) is 16.7. The summed E-state index contributed by atoms with van der Waals surface area (Å²) in [5.74, 6) is -0.460. The third-order valence-electron chi connectivity index (χ3n) is 5.44. The van der Waals surface area contributed by atoms with Crippen molar-refractivity contribution in [3.8, 4) is 11.5 Å². The second-order valence-corrected chi connectivity index (χ2v) is 8.58. The first-order valence-electron chi connectivity index (χ1n) is 10.6.